The molecule has 0 bridgehead atoms. The van der Waals surface area contributed by atoms with E-state index in [1.807, 2.05) is 24.9 Å². The Bertz CT molecular complexity index is 499. The number of pyridine rings is 1. The number of nitrogens with zero attached hydrogens (tertiary/aromatic N) is 2. The van der Waals surface area contributed by atoms with Gasteiger partial charge in [-0.25, -0.2) is 0 Å². The third-order valence-electron chi connectivity index (χ3n) is 4.54. The SMILES string of the molecule is CNc1cc(C)ncc1C(=O)N1CCCC(C(C)C)CC1. The van der Waals surface area contributed by atoms with Crippen LogP contribution < -0.4 is 5.32 Å². The zero-order valence-corrected chi connectivity index (χ0v) is 13.6. The fourth-order valence-corrected chi connectivity index (χ4v) is 3.10. The summed E-state index contributed by atoms with van der Waals surface area (Å²) in [5, 5.41) is 3.11. The van der Waals surface area contributed by atoms with E-state index in [9.17, 15) is 4.79 Å². The second-order valence-electron chi connectivity index (χ2n) is 6.35. The van der Waals surface area contributed by atoms with Gasteiger partial charge in [0.25, 0.3) is 5.91 Å². The molecule has 1 aromatic rings. The topological polar surface area (TPSA) is 45.2 Å². The molecule has 21 heavy (non-hydrogen) atoms. The molecule has 1 amide bonds. The quantitative estimate of drug-likeness (QED) is 0.928. The molecule has 2 rings (SSSR count). The maximum absolute atomic E-state index is 12.8. The highest BCUT2D eigenvalue weighted by molar-refractivity contribution is 5.99. The van der Waals surface area contributed by atoms with E-state index in [0.29, 0.717) is 11.5 Å². The summed E-state index contributed by atoms with van der Waals surface area (Å²) < 4.78 is 0. The largest absolute Gasteiger partial charge is 0.387 e. The van der Waals surface area contributed by atoms with E-state index in [4.69, 9.17) is 0 Å². The molecule has 1 atom stereocenters. The number of anilines is 1. The van der Waals surface area contributed by atoms with Crippen LogP contribution in [-0.2, 0) is 0 Å². The molecule has 2 heterocycles. The highest BCUT2D eigenvalue weighted by Gasteiger charge is 2.24. The normalized spacial score (nSPS) is 19.5. The fraction of sp³-hybridized carbons (Fsp3) is 0.647. The molecule has 1 fully saturated rings. The minimum absolute atomic E-state index is 0.108. The lowest BCUT2D eigenvalue weighted by Crippen LogP contribution is -2.32. The zero-order chi connectivity index (χ0) is 15.4. The maximum atomic E-state index is 12.8. The van der Waals surface area contributed by atoms with Crippen LogP contribution in [0.3, 0.4) is 0 Å². The van der Waals surface area contributed by atoms with Crippen molar-refractivity contribution >= 4 is 11.6 Å². The number of hydrogen-bond acceptors (Lipinski definition) is 3. The summed E-state index contributed by atoms with van der Waals surface area (Å²) in [6, 6.07) is 1.93. The van der Waals surface area contributed by atoms with E-state index in [1.165, 1.54) is 6.42 Å². The van der Waals surface area contributed by atoms with Crippen LogP contribution in [0.15, 0.2) is 12.3 Å². The van der Waals surface area contributed by atoms with Crippen LogP contribution in [0.25, 0.3) is 0 Å². The van der Waals surface area contributed by atoms with Crippen molar-refractivity contribution < 1.29 is 4.79 Å². The number of carbonyl (C=O) groups is 1. The van der Waals surface area contributed by atoms with E-state index in [0.717, 1.165) is 43.2 Å². The van der Waals surface area contributed by atoms with Gasteiger partial charge in [-0.05, 0) is 44.1 Å². The van der Waals surface area contributed by atoms with Crippen LogP contribution in [-0.4, -0.2) is 35.9 Å². The van der Waals surface area contributed by atoms with Crippen LogP contribution in [0.5, 0.6) is 0 Å². The van der Waals surface area contributed by atoms with E-state index in [2.05, 4.69) is 24.1 Å². The standard InChI is InChI=1S/C17H27N3O/c1-12(2)14-6-5-8-20(9-7-14)17(21)15-11-19-13(3)10-16(15)18-4/h10-12,14H,5-9H2,1-4H3,(H,18,19). The van der Waals surface area contributed by atoms with Gasteiger partial charge in [-0.15, -0.1) is 0 Å². The molecule has 1 N–H and O–H groups in total. The van der Waals surface area contributed by atoms with Crippen LogP contribution in [0.1, 0.15) is 49.2 Å². The zero-order valence-electron chi connectivity index (χ0n) is 13.6. The molecular formula is C17H27N3O. The summed E-state index contributed by atoms with van der Waals surface area (Å²) in [5.41, 5.74) is 2.48. The molecule has 0 radical (unpaired) electrons. The van der Waals surface area contributed by atoms with Gasteiger partial charge in [-0.1, -0.05) is 13.8 Å². The predicted molar refractivity (Wildman–Crippen MR) is 86.6 cm³/mol. The Morgan fingerprint density at radius 3 is 2.81 bits per heavy atom. The van der Waals surface area contributed by atoms with E-state index < -0.39 is 0 Å². The molecule has 0 spiro atoms. The third kappa shape index (κ3) is 3.74. The van der Waals surface area contributed by atoms with Crippen LogP contribution in [0.4, 0.5) is 5.69 Å². The van der Waals surface area contributed by atoms with Gasteiger partial charge in [0.1, 0.15) is 0 Å². The number of rotatable bonds is 3. The van der Waals surface area contributed by atoms with Crippen molar-refractivity contribution in [1.82, 2.24) is 9.88 Å². The molecule has 1 aliphatic heterocycles. The molecule has 1 unspecified atom stereocenters. The molecule has 0 aliphatic carbocycles. The highest BCUT2D eigenvalue weighted by atomic mass is 16.2. The fourth-order valence-electron chi connectivity index (χ4n) is 3.10. The van der Waals surface area contributed by atoms with Gasteiger partial charge in [0.05, 0.1) is 11.3 Å². The summed E-state index contributed by atoms with van der Waals surface area (Å²) in [6.45, 7) is 8.22. The minimum atomic E-state index is 0.108. The molecule has 4 heteroatoms. The lowest BCUT2D eigenvalue weighted by Gasteiger charge is -2.22. The van der Waals surface area contributed by atoms with Gasteiger partial charge >= 0.3 is 0 Å². The average Bonchev–Trinajstić information content (AvgIpc) is 2.72. The van der Waals surface area contributed by atoms with Crippen molar-refractivity contribution in [2.75, 3.05) is 25.5 Å². The van der Waals surface area contributed by atoms with Crippen molar-refractivity contribution in [3.05, 3.63) is 23.5 Å². The number of carbonyl (C=O) groups excluding carboxylic acids is 1. The first-order valence-corrected chi connectivity index (χ1v) is 7.96. The summed E-state index contributed by atoms with van der Waals surface area (Å²) in [4.78, 5) is 19.0. The first kappa shape index (κ1) is 15.8. The van der Waals surface area contributed by atoms with Crippen molar-refractivity contribution in [3.63, 3.8) is 0 Å². The molecule has 1 aliphatic rings. The maximum Gasteiger partial charge on any atom is 0.257 e. The summed E-state index contributed by atoms with van der Waals surface area (Å²) in [6.07, 6.45) is 5.14. The minimum Gasteiger partial charge on any atom is -0.387 e. The number of amides is 1. The lowest BCUT2D eigenvalue weighted by atomic mass is 9.89. The monoisotopic (exact) mass is 289 g/mol. The summed E-state index contributed by atoms with van der Waals surface area (Å²) in [5.74, 6) is 1.55. The molecule has 4 nitrogen and oxygen atoms in total. The van der Waals surface area contributed by atoms with E-state index in [-0.39, 0.29) is 5.91 Å². The molecule has 0 saturated carbocycles. The second-order valence-corrected chi connectivity index (χ2v) is 6.35. The smallest absolute Gasteiger partial charge is 0.257 e. The lowest BCUT2D eigenvalue weighted by molar-refractivity contribution is 0.0759. The summed E-state index contributed by atoms with van der Waals surface area (Å²) >= 11 is 0. The van der Waals surface area contributed by atoms with E-state index in [1.54, 1.807) is 6.20 Å². The molecule has 0 aromatic carbocycles. The van der Waals surface area contributed by atoms with Crippen LogP contribution >= 0.6 is 0 Å². The Morgan fingerprint density at radius 2 is 2.14 bits per heavy atom. The van der Waals surface area contributed by atoms with Gasteiger partial charge in [0, 0.05) is 32.0 Å². The van der Waals surface area contributed by atoms with E-state index >= 15 is 0 Å². The highest BCUT2D eigenvalue weighted by Crippen LogP contribution is 2.26. The Balaban J connectivity index is 2.13. The first-order chi connectivity index (χ1) is 10.0. The van der Waals surface area contributed by atoms with Crippen LogP contribution in [0.2, 0.25) is 0 Å². The van der Waals surface area contributed by atoms with Crippen LogP contribution in [0, 0.1) is 18.8 Å². The average molecular weight is 289 g/mol. The van der Waals surface area contributed by atoms with Gasteiger partial charge in [0.15, 0.2) is 0 Å². The molecular weight excluding hydrogens is 262 g/mol. The Morgan fingerprint density at radius 1 is 1.38 bits per heavy atom. The second kappa shape index (κ2) is 6.92. The number of likely N-dealkylation sites (tertiary alicyclic amines) is 1. The molecule has 1 aromatic heterocycles. The Labute approximate surface area is 127 Å². The number of aromatic nitrogens is 1. The summed E-state index contributed by atoms with van der Waals surface area (Å²) in [7, 11) is 1.85. The van der Waals surface area contributed by atoms with Gasteiger partial charge in [0.2, 0.25) is 0 Å². The van der Waals surface area contributed by atoms with Crippen molar-refractivity contribution in [3.8, 4) is 0 Å². The van der Waals surface area contributed by atoms with Gasteiger partial charge in [-0.3, -0.25) is 9.78 Å². The molecule has 1 saturated heterocycles. The Hall–Kier alpha value is -1.58. The number of aryl methyl sites for hydroxylation is 1. The number of nitrogens with one attached hydrogen (secondary N) is 1. The first-order valence-electron chi connectivity index (χ1n) is 7.96. The predicted octanol–water partition coefficient (Wildman–Crippen LogP) is 3.33. The van der Waals surface area contributed by atoms with Gasteiger partial charge in [-0.2, -0.15) is 0 Å². The van der Waals surface area contributed by atoms with Gasteiger partial charge < -0.3 is 10.2 Å². The van der Waals surface area contributed by atoms with Crippen molar-refractivity contribution in [2.45, 2.75) is 40.0 Å². The Kier molecular flexibility index (Phi) is 5.21. The molecule has 116 valence electrons. The van der Waals surface area contributed by atoms with Crippen molar-refractivity contribution in [2.24, 2.45) is 11.8 Å². The third-order valence-corrected chi connectivity index (χ3v) is 4.54. The number of hydrogen-bond donors (Lipinski definition) is 1. The van der Waals surface area contributed by atoms with Crippen molar-refractivity contribution in [1.29, 1.82) is 0 Å².